The van der Waals surface area contributed by atoms with E-state index in [1.807, 2.05) is 6.07 Å². The number of non-ortho nitro benzene ring substituents is 1. The fourth-order valence-corrected chi connectivity index (χ4v) is 4.54. The van der Waals surface area contributed by atoms with Crippen molar-refractivity contribution in [2.24, 2.45) is 0 Å². The maximum atomic E-state index is 11.9. The molecule has 132 valence electrons. The van der Waals surface area contributed by atoms with Crippen LogP contribution in [0.1, 0.15) is 0 Å². The third-order valence-corrected chi connectivity index (χ3v) is 6.00. The predicted molar refractivity (Wildman–Crippen MR) is 103 cm³/mol. The van der Waals surface area contributed by atoms with Gasteiger partial charge in [-0.3, -0.25) is 10.1 Å². The van der Waals surface area contributed by atoms with Gasteiger partial charge in [0.2, 0.25) is 0 Å². The lowest BCUT2D eigenvalue weighted by Gasteiger charge is -2.04. The van der Waals surface area contributed by atoms with E-state index in [1.54, 1.807) is 24.4 Å². The van der Waals surface area contributed by atoms with E-state index in [9.17, 15) is 14.7 Å². The van der Waals surface area contributed by atoms with Gasteiger partial charge >= 0.3 is 0 Å². The average molecular weight is 407 g/mol. The lowest BCUT2D eigenvalue weighted by molar-refractivity contribution is -0.383. The minimum Gasteiger partial charge on any atom is -0.612 e. The van der Waals surface area contributed by atoms with Crippen LogP contribution >= 0.6 is 23.4 Å². The molecule has 2 heterocycles. The average Bonchev–Trinajstić information content (AvgIpc) is 3.18. The van der Waals surface area contributed by atoms with E-state index < -0.39 is 16.1 Å². The normalized spacial score (nSPS) is 12.7. The molecule has 1 unspecified atom stereocenters. The highest BCUT2D eigenvalue weighted by Gasteiger charge is 2.25. The molecule has 0 spiro atoms. The smallest absolute Gasteiger partial charge is 0.283 e. The van der Waals surface area contributed by atoms with Gasteiger partial charge in [0, 0.05) is 16.0 Å². The van der Waals surface area contributed by atoms with Gasteiger partial charge in [-0.2, -0.15) is 0 Å². The van der Waals surface area contributed by atoms with Crippen molar-refractivity contribution in [3.05, 3.63) is 51.7 Å². The van der Waals surface area contributed by atoms with Crippen LogP contribution in [0, 0.1) is 10.1 Å². The van der Waals surface area contributed by atoms with Gasteiger partial charge in [0.25, 0.3) is 5.69 Å². The Labute approximate surface area is 159 Å². The number of nitro benzene ring substituents is 1. The first kappa shape index (κ1) is 17.2. The SMILES string of the molecule is C[S+]([O-])c1c[nH]c2c(Sc3nc4cc(Cl)ccc4[nH]3)ccc([N+](=O)[O-])c12. The van der Waals surface area contributed by atoms with Gasteiger partial charge in [0.15, 0.2) is 10.1 Å². The Kier molecular flexibility index (Phi) is 4.31. The Morgan fingerprint density at radius 2 is 2.12 bits per heavy atom. The van der Waals surface area contributed by atoms with Crippen molar-refractivity contribution in [3.8, 4) is 0 Å². The summed E-state index contributed by atoms with van der Waals surface area (Å²) >= 11 is 5.97. The molecule has 0 bridgehead atoms. The molecule has 0 saturated heterocycles. The predicted octanol–water partition coefficient (Wildman–Crippen LogP) is 4.49. The van der Waals surface area contributed by atoms with E-state index in [2.05, 4.69) is 15.0 Å². The van der Waals surface area contributed by atoms with Crippen molar-refractivity contribution in [1.29, 1.82) is 0 Å². The quantitative estimate of drug-likeness (QED) is 0.294. The first-order valence-corrected chi connectivity index (χ1v) is 10.1. The standard InChI is InChI=1S/C16H11ClN4O3S2/c1-26(24)13-7-18-15-12(5-4-11(14(13)15)21(22)23)25-16-19-9-3-2-8(17)6-10(9)20-16/h2-7,18H,1H3,(H,19,20). The molecule has 0 amide bonds. The molecule has 0 aliphatic carbocycles. The Hall–Kier alpha value is -2.20. The number of hydrogen-bond acceptors (Lipinski definition) is 5. The number of benzene rings is 2. The van der Waals surface area contributed by atoms with Crippen LogP contribution in [0.15, 0.2) is 51.5 Å². The number of nitrogens with one attached hydrogen (secondary N) is 2. The summed E-state index contributed by atoms with van der Waals surface area (Å²) in [4.78, 5) is 22.7. The third-order valence-electron chi connectivity index (χ3n) is 3.88. The zero-order chi connectivity index (χ0) is 18.4. The molecule has 0 saturated carbocycles. The second-order valence-corrected chi connectivity index (χ2v) is 8.32. The van der Waals surface area contributed by atoms with E-state index in [4.69, 9.17) is 11.6 Å². The number of aromatic nitrogens is 3. The van der Waals surface area contributed by atoms with Crippen molar-refractivity contribution in [2.45, 2.75) is 14.9 Å². The molecule has 2 aromatic carbocycles. The van der Waals surface area contributed by atoms with E-state index in [0.717, 1.165) is 15.9 Å². The summed E-state index contributed by atoms with van der Waals surface area (Å²) in [7, 11) is 0. The topological polar surface area (TPSA) is 111 Å². The number of imidazole rings is 1. The molecule has 4 aromatic rings. The summed E-state index contributed by atoms with van der Waals surface area (Å²) in [5, 5.41) is 12.9. The van der Waals surface area contributed by atoms with Gasteiger partial charge in [-0.25, -0.2) is 4.98 Å². The fraction of sp³-hybridized carbons (Fsp3) is 0.0625. The fourth-order valence-electron chi connectivity index (χ4n) is 2.75. The summed E-state index contributed by atoms with van der Waals surface area (Å²) in [5.41, 5.74) is 2.07. The van der Waals surface area contributed by atoms with Crippen LogP contribution in [0.25, 0.3) is 21.9 Å². The molecule has 0 radical (unpaired) electrons. The summed E-state index contributed by atoms with van der Waals surface area (Å²) in [6.07, 6.45) is 3.05. The monoisotopic (exact) mass is 406 g/mol. The molecule has 0 fully saturated rings. The zero-order valence-corrected chi connectivity index (χ0v) is 15.7. The number of nitro groups is 1. The number of fused-ring (bicyclic) bond motifs is 2. The highest BCUT2D eigenvalue weighted by Crippen LogP contribution is 2.39. The molecular formula is C16H11ClN4O3S2. The molecule has 0 aliphatic heterocycles. The Morgan fingerprint density at radius 1 is 1.31 bits per heavy atom. The molecule has 1 atom stereocenters. The molecule has 0 aliphatic rings. The van der Waals surface area contributed by atoms with Crippen LogP contribution in [-0.4, -0.2) is 30.7 Å². The highest BCUT2D eigenvalue weighted by atomic mass is 35.5. The maximum Gasteiger partial charge on any atom is 0.283 e. The van der Waals surface area contributed by atoms with Crippen LogP contribution in [0.2, 0.25) is 5.02 Å². The Morgan fingerprint density at radius 3 is 2.85 bits per heavy atom. The summed E-state index contributed by atoms with van der Waals surface area (Å²) in [6.45, 7) is 0. The molecule has 10 heteroatoms. The van der Waals surface area contributed by atoms with E-state index >= 15 is 0 Å². The number of rotatable bonds is 4. The number of aromatic amines is 2. The van der Waals surface area contributed by atoms with Gasteiger partial charge in [-0.15, -0.1) is 0 Å². The first-order chi connectivity index (χ1) is 12.4. The largest absolute Gasteiger partial charge is 0.612 e. The zero-order valence-electron chi connectivity index (χ0n) is 13.3. The van der Waals surface area contributed by atoms with Crippen LogP contribution in [0.4, 0.5) is 5.69 Å². The molecule has 7 nitrogen and oxygen atoms in total. The minimum absolute atomic E-state index is 0.0767. The van der Waals surface area contributed by atoms with Gasteiger partial charge in [0.1, 0.15) is 11.6 Å². The second-order valence-electron chi connectivity index (χ2n) is 5.50. The van der Waals surface area contributed by atoms with Crippen LogP contribution < -0.4 is 0 Å². The summed E-state index contributed by atoms with van der Waals surface area (Å²) in [5.74, 6) is 0. The van der Waals surface area contributed by atoms with Crippen LogP contribution in [0.5, 0.6) is 0 Å². The van der Waals surface area contributed by atoms with Crippen molar-refractivity contribution >= 4 is 62.2 Å². The van der Waals surface area contributed by atoms with E-state index in [0.29, 0.717) is 26.0 Å². The highest BCUT2D eigenvalue weighted by molar-refractivity contribution is 7.99. The molecular weight excluding hydrogens is 396 g/mol. The van der Waals surface area contributed by atoms with Crippen LogP contribution in [-0.2, 0) is 11.2 Å². The molecule has 26 heavy (non-hydrogen) atoms. The Bertz CT molecular complexity index is 1160. The van der Waals surface area contributed by atoms with Gasteiger partial charge in [0.05, 0.1) is 27.7 Å². The van der Waals surface area contributed by atoms with Crippen molar-refractivity contribution < 1.29 is 9.48 Å². The number of H-pyrrole nitrogens is 2. The molecule has 4 rings (SSSR count). The first-order valence-electron chi connectivity index (χ1n) is 7.39. The van der Waals surface area contributed by atoms with Crippen LogP contribution in [0.3, 0.4) is 0 Å². The second kappa shape index (κ2) is 6.51. The number of nitrogens with zero attached hydrogens (tertiary/aromatic N) is 2. The van der Waals surface area contributed by atoms with E-state index in [-0.39, 0.29) is 5.69 Å². The lowest BCUT2D eigenvalue weighted by atomic mass is 10.2. The number of hydrogen-bond donors (Lipinski definition) is 2. The van der Waals surface area contributed by atoms with Gasteiger partial charge < -0.3 is 14.5 Å². The van der Waals surface area contributed by atoms with Crippen molar-refractivity contribution in [1.82, 2.24) is 15.0 Å². The van der Waals surface area contributed by atoms with Crippen molar-refractivity contribution in [3.63, 3.8) is 0 Å². The van der Waals surface area contributed by atoms with Gasteiger partial charge in [-0.1, -0.05) is 11.6 Å². The van der Waals surface area contributed by atoms with E-state index in [1.165, 1.54) is 24.1 Å². The third kappa shape index (κ3) is 2.92. The Balaban J connectivity index is 1.83. The summed E-state index contributed by atoms with van der Waals surface area (Å²) < 4.78 is 11.9. The number of halogens is 1. The summed E-state index contributed by atoms with van der Waals surface area (Å²) in [6, 6.07) is 8.45. The molecule has 2 aromatic heterocycles. The van der Waals surface area contributed by atoms with Crippen molar-refractivity contribution in [2.75, 3.05) is 6.26 Å². The lowest BCUT2D eigenvalue weighted by Crippen LogP contribution is -1.98. The maximum absolute atomic E-state index is 11.9. The van der Waals surface area contributed by atoms with Gasteiger partial charge in [-0.05, 0) is 47.2 Å². The minimum atomic E-state index is -1.35. The molecule has 2 N–H and O–H groups in total.